The van der Waals surface area contributed by atoms with Gasteiger partial charge in [-0.3, -0.25) is 14.7 Å². The van der Waals surface area contributed by atoms with Gasteiger partial charge in [-0.1, -0.05) is 19.6 Å². The first-order chi connectivity index (χ1) is 34.8. The van der Waals surface area contributed by atoms with Crippen molar-refractivity contribution in [2.45, 2.75) is 58.9 Å². The molecular weight excluding hydrogens is 1270 g/mol. The van der Waals surface area contributed by atoms with Crippen molar-refractivity contribution < 1.29 is 77.9 Å². The molecule has 0 aliphatic rings. The summed E-state index contributed by atoms with van der Waals surface area (Å²) in [5, 5.41) is 23.9. The number of hydrogen-bond acceptors (Lipinski definition) is 13. The van der Waals surface area contributed by atoms with Crippen LogP contribution in [0.5, 0.6) is 23.0 Å². The molecule has 31 heteroatoms. The Hall–Kier alpha value is -6.10. The van der Waals surface area contributed by atoms with Crippen LogP contribution < -0.4 is 29.6 Å². The molecule has 387 valence electrons. The third kappa shape index (κ3) is 15.7. The number of carbonyl (C=O) groups is 2. The van der Waals surface area contributed by atoms with Crippen LogP contribution in [0.15, 0.2) is 98.1 Å². The molecule has 6 aromatic heterocycles. The summed E-state index contributed by atoms with van der Waals surface area (Å²) in [4.78, 5) is 34.1. The zero-order valence-electron chi connectivity index (χ0n) is 37.8. The second-order valence-electron chi connectivity index (χ2n) is 15.6. The molecule has 73 heavy (non-hydrogen) atoms. The minimum atomic E-state index is -3.21. The third-order valence-corrected chi connectivity index (χ3v) is 11.2. The molecule has 0 radical (unpaired) electrons. The summed E-state index contributed by atoms with van der Waals surface area (Å²) in [5.74, 6) is -2.51. The van der Waals surface area contributed by atoms with E-state index in [4.69, 9.17) is 4.74 Å². The van der Waals surface area contributed by atoms with Gasteiger partial charge in [-0.05, 0) is 54.6 Å². The van der Waals surface area contributed by atoms with Gasteiger partial charge in [0.1, 0.15) is 40.9 Å². The maximum absolute atomic E-state index is 13.3. The summed E-state index contributed by atoms with van der Waals surface area (Å²) in [7, 11) is -0.782. The Morgan fingerprint density at radius 2 is 1.18 bits per heavy atom. The average molecular weight is 1310 g/mol. The number of nitrogens with one attached hydrogen (secondary N) is 3. The van der Waals surface area contributed by atoms with Crippen LogP contribution in [0, 0.1) is 0 Å². The number of rotatable bonds is 19. The zero-order valence-corrected chi connectivity index (χ0v) is 44.5. The minimum absolute atomic E-state index is 0.0353. The first kappa shape index (κ1) is 56.2. The summed E-state index contributed by atoms with van der Waals surface area (Å²) in [6.07, 6.45) is 11.3. The van der Waals surface area contributed by atoms with E-state index in [0.717, 1.165) is 42.4 Å². The number of aromatic nitrogens is 10. The molecular formula is C42H38F8I2N12O7SiV. The van der Waals surface area contributed by atoms with Crippen LogP contribution in [0.2, 0.25) is 25.7 Å². The number of hydrogen-bond donors (Lipinski definition) is 3. The van der Waals surface area contributed by atoms with Crippen molar-refractivity contribution in [3.05, 3.63) is 109 Å². The Kier molecular flexibility index (Phi) is 20.2. The number of fused-ring (bicyclic) bond motifs is 2. The van der Waals surface area contributed by atoms with Crippen molar-refractivity contribution in [2.24, 2.45) is 0 Å². The second-order valence-corrected chi connectivity index (χ2v) is 33.0. The van der Waals surface area contributed by atoms with E-state index < -0.39 is 46.3 Å². The first-order valence-corrected chi connectivity index (χ1v) is 33.4. The van der Waals surface area contributed by atoms with Crippen LogP contribution in [0.1, 0.15) is 20.7 Å². The monoisotopic (exact) mass is 1310 g/mol. The Morgan fingerprint density at radius 1 is 0.685 bits per heavy atom. The van der Waals surface area contributed by atoms with E-state index in [1.54, 1.807) is 24.5 Å². The predicted octanol–water partition coefficient (Wildman–Crippen LogP) is 10.7. The fourth-order valence-corrected chi connectivity index (χ4v) is 7.23. The molecule has 6 heterocycles. The van der Waals surface area contributed by atoms with Crippen LogP contribution in [0.3, 0.4) is 0 Å². The van der Waals surface area contributed by atoms with E-state index in [2.05, 4.69) is 125 Å². The van der Waals surface area contributed by atoms with E-state index >= 15 is 0 Å². The number of ether oxygens (including phenoxy) is 5. The Bertz CT molecular complexity index is 3110. The molecule has 2 aromatic carbocycles. The van der Waals surface area contributed by atoms with Gasteiger partial charge < -0.3 is 34.3 Å². The molecule has 8 aromatic rings. The molecule has 2 amide bonds. The fourth-order valence-electron chi connectivity index (χ4n) is 6.48. The van der Waals surface area contributed by atoms with E-state index in [0.29, 0.717) is 21.7 Å². The van der Waals surface area contributed by atoms with Gasteiger partial charge in [0.2, 0.25) is 0 Å². The number of alkyl halides is 8. The van der Waals surface area contributed by atoms with Gasteiger partial charge in [-0.2, -0.15) is 55.5 Å². The molecule has 3 N–H and O–H groups in total. The van der Waals surface area contributed by atoms with Gasteiger partial charge in [-0.25, -0.2) is 23.7 Å². The van der Waals surface area contributed by atoms with E-state index in [1.165, 1.54) is 50.9 Å². The number of amides is 2. The second kappa shape index (κ2) is 26.2. The molecule has 19 nitrogen and oxygen atoms in total. The molecule has 0 aliphatic heterocycles. The number of aromatic amines is 1. The van der Waals surface area contributed by atoms with E-state index in [9.17, 15) is 44.7 Å². The molecule has 0 unspecified atom stereocenters. The normalized spacial score (nSPS) is 11.4. The van der Waals surface area contributed by atoms with Crippen molar-refractivity contribution in [3.63, 3.8) is 0 Å². The summed E-state index contributed by atoms with van der Waals surface area (Å²) in [6, 6.07) is 10.5. The zero-order chi connectivity index (χ0) is 52.8. The van der Waals surface area contributed by atoms with Gasteiger partial charge in [0.05, 0.1) is 47.6 Å². The van der Waals surface area contributed by atoms with Crippen molar-refractivity contribution in [2.75, 3.05) is 17.2 Å². The van der Waals surface area contributed by atoms with Crippen LogP contribution in [-0.2, 0) is 20.9 Å². The van der Waals surface area contributed by atoms with Crippen molar-refractivity contribution >= 4 is 82.5 Å². The number of H-pyrrole nitrogens is 1. The molecule has 0 atom stereocenters. The SMILES string of the molecule is C[Si](C)(C)CCOCn1ncc(NC(=O)c2cnn3cccnc23)c1-c1cc(OC(F)F)ccc1OC(F)F.O=C(Nc1cn[nH]c1-c1cc(OC(F)F)ccc1OC(F)F)c1cnn2cccnc12.[I][V][I]. The van der Waals surface area contributed by atoms with Crippen molar-refractivity contribution in [1.29, 1.82) is 0 Å². The number of halogens is 10. The van der Waals surface area contributed by atoms with Gasteiger partial charge in [0.25, 0.3) is 11.8 Å². The topological polar surface area (TPSA) is 211 Å². The molecule has 0 saturated carbocycles. The van der Waals surface area contributed by atoms with Crippen LogP contribution >= 0.6 is 40.0 Å². The van der Waals surface area contributed by atoms with Crippen LogP contribution in [0.4, 0.5) is 46.5 Å². The fraction of sp³-hybridized carbons (Fsp3) is 0.238. The average Bonchev–Trinajstić information content (AvgIpc) is 4.15. The van der Waals surface area contributed by atoms with Crippen LogP contribution in [0.25, 0.3) is 33.8 Å². The standard InChI is InChI=1S/C24H26F4N6O4Si.C18H12F4N6O3.2HI.V/c1-39(2,3)10-9-36-14-34-20(16-11-15(37-23(25)26)5-6-19(16)38-24(27)28)18(13-31-34)32-22(35)17-12-30-33-8-4-7-29-21(17)33;19-17(20)30-9-2-3-13(31-18(21)22)10(6-9)14-12(8-24-27-14)26-16(29)11-7-25-28-5-1-4-23-15(11)28;;;/h4-8,11-13,23-24H,9-10,14H2,1-3H3,(H,32,35);1-8,17-18H,(H,24,27)(H,26,29);2*1H;/q;;;;+2/p-2. The summed E-state index contributed by atoms with van der Waals surface area (Å²) >= 11 is 4.74. The van der Waals surface area contributed by atoms with Crippen LogP contribution in [-0.4, -0.2) is 102 Å². The number of benzene rings is 2. The number of anilines is 2. The molecule has 0 saturated heterocycles. The molecule has 0 fully saturated rings. The Morgan fingerprint density at radius 3 is 1.68 bits per heavy atom. The van der Waals surface area contributed by atoms with Crippen molar-refractivity contribution in [3.8, 4) is 45.5 Å². The summed E-state index contributed by atoms with van der Waals surface area (Å²) in [5.41, 5.74) is 0.977. The summed E-state index contributed by atoms with van der Waals surface area (Å²) in [6.45, 7) is -5.81. The first-order valence-electron chi connectivity index (χ1n) is 20.7. The Labute approximate surface area is 437 Å². The number of nitrogens with zero attached hydrogens (tertiary/aromatic N) is 9. The molecule has 0 spiro atoms. The number of carbonyl (C=O) groups excluding carboxylic acids is 2. The molecule has 0 aliphatic carbocycles. The maximum atomic E-state index is 13.3. The van der Waals surface area contributed by atoms with Gasteiger partial charge >= 0.3 is 75.9 Å². The van der Waals surface area contributed by atoms with E-state index in [-0.39, 0.29) is 80.4 Å². The van der Waals surface area contributed by atoms with Gasteiger partial charge in [0, 0.05) is 50.6 Å². The van der Waals surface area contributed by atoms with Gasteiger partial charge in [-0.15, -0.1) is 0 Å². The molecule has 0 bridgehead atoms. The molecule has 8 rings (SSSR count). The third-order valence-electron chi connectivity index (χ3n) is 9.54. The van der Waals surface area contributed by atoms with E-state index in [1.807, 2.05) is 0 Å². The predicted molar refractivity (Wildman–Crippen MR) is 262 cm³/mol. The Balaban J connectivity index is 0.000000231. The summed E-state index contributed by atoms with van der Waals surface area (Å²) < 4.78 is 131. The quantitative estimate of drug-likeness (QED) is 0.0298. The van der Waals surface area contributed by atoms with Gasteiger partial charge in [0.15, 0.2) is 11.3 Å². The van der Waals surface area contributed by atoms with Crippen molar-refractivity contribution in [1.82, 2.24) is 49.2 Å².